The lowest BCUT2D eigenvalue weighted by Gasteiger charge is -2.11. The second kappa shape index (κ2) is 28.7. The van der Waals surface area contributed by atoms with Gasteiger partial charge >= 0.3 is 28.5 Å². The highest BCUT2D eigenvalue weighted by molar-refractivity contribution is 6.23. The first-order chi connectivity index (χ1) is 49.8. The molecule has 0 saturated carbocycles. The fraction of sp³-hybridized carbons (Fsp3) is 0.163. The monoisotopic (exact) mass is 1420 g/mol. The number of aldehydes is 1. The Morgan fingerprint density at radius 1 is 0.457 bits per heavy atom. The zero-order chi connectivity index (χ0) is 76.1. The number of pyridine rings is 2. The van der Waals surface area contributed by atoms with E-state index in [2.05, 4.69) is 68.8 Å². The van der Waals surface area contributed by atoms with Crippen LogP contribution in [0.25, 0.3) is 110 Å². The number of methoxy groups -OCH3 is 1. The average Bonchev–Trinajstić information content (AvgIpc) is 1.56. The first-order valence-corrected chi connectivity index (χ1v) is 32.5. The van der Waals surface area contributed by atoms with Crippen LogP contribution in [-0.4, -0.2) is 86.9 Å². The third kappa shape index (κ3) is 13.9. The number of phenolic OH excluding ortho intramolecular Hbond substituents is 7. The normalized spacial score (nSPS) is 11.1. The van der Waals surface area contributed by atoms with Crippen molar-refractivity contribution in [2.24, 2.45) is 0 Å². The SMILES string of the molecule is CCOC(=O)C[N+](=O)[O-].COc1cc2ccn3c(c(-c4ccc(C)c(C)c4)c4c5cc(C)c(C)cc5oc(=O)c43)c2cc1C.Cc1cc(O)c(C=O)cc1C.Cc1cc2cc([N+](=O)[O-])c(=O)oc2cc1C.O=c1oc2cc(O)c(O)cc2c2c(-c3ccc(O)c(O)c3)c3c4cc(O)c(O)cc4ccn3c12. The summed E-state index contributed by atoms with van der Waals surface area (Å²) in [4.78, 5) is 77.1. The van der Waals surface area contributed by atoms with Gasteiger partial charge in [0.25, 0.3) is 6.54 Å². The van der Waals surface area contributed by atoms with Crippen LogP contribution in [0.4, 0.5) is 5.69 Å². The molecule has 105 heavy (non-hydrogen) atoms. The zero-order valence-electron chi connectivity index (χ0n) is 58.4. The molecule has 0 fully saturated rings. The van der Waals surface area contributed by atoms with E-state index in [9.17, 15) is 79.9 Å². The smallest absolute Gasteiger partial charge is 0.415 e. The number of esters is 1. The molecule has 0 bridgehead atoms. The van der Waals surface area contributed by atoms with Gasteiger partial charge < -0.3 is 67.3 Å². The highest BCUT2D eigenvalue weighted by atomic mass is 16.6. The summed E-state index contributed by atoms with van der Waals surface area (Å²) in [7, 11) is 1.69. The third-order valence-corrected chi connectivity index (χ3v) is 18.4. The Morgan fingerprint density at radius 3 is 1.50 bits per heavy atom. The Hall–Kier alpha value is -13.7. The minimum absolute atomic E-state index is 0.0257. The molecular formula is C80H68N4O21. The molecule has 0 spiro atoms. The Morgan fingerprint density at radius 2 is 0.924 bits per heavy atom. The number of carbonyl (C=O) groups is 2. The van der Waals surface area contributed by atoms with Gasteiger partial charge in [0.05, 0.1) is 35.2 Å². The summed E-state index contributed by atoms with van der Waals surface area (Å²) in [5.74, 6) is -2.19. The number of carbonyl (C=O) groups excluding carboxylic acids is 2. The standard InChI is InChI=1S/C31H27NO3.C25H15NO8.C11H9NO4.C9H10O2.C4H7NO4/c1-16-7-8-22(11-17(16)2)27-28-24-12-18(3)19(4)14-26(24)35-31(33)30(28)32-10-9-21-15-25(34-6)20(5)13-23(21)29(27)32;27-14-2-1-11(6-15(14)28)21-22-13-8-18(31)19(32)9-20(13)34-25(33)24(22)26-4-3-10-5-16(29)17(30)7-12(10)23(21)26;1-6-3-8-5-9(12(14)15)11(13)16-10(8)4-7(6)2;1-6-3-8(5-10)9(11)4-7(6)2;1-2-9-4(6)3-5(7)8/h7-15H,1-6H3;1-9,27-32H;3-5H,1-2H3;3-5,11H,1-2H3;2-3H2,1H3. The van der Waals surface area contributed by atoms with E-state index in [4.69, 9.17) is 18.0 Å². The summed E-state index contributed by atoms with van der Waals surface area (Å²) in [5.41, 5.74) is 13.8. The fourth-order valence-corrected chi connectivity index (χ4v) is 12.5. The predicted molar refractivity (Wildman–Crippen MR) is 398 cm³/mol. The van der Waals surface area contributed by atoms with E-state index in [1.54, 1.807) is 61.0 Å². The lowest BCUT2D eigenvalue weighted by Crippen LogP contribution is -2.16. The van der Waals surface area contributed by atoms with Gasteiger partial charge in [0, 0.05) is 78.3 Å². The van der Waals surface area contributed by atoms with Gasteiger partial charge in [-0.15, -0.1) is 0 Å². The molecule has 0 radical (unpaired) electrons. The van der Waals surface area contributed by atoms with E-state index in [0.717, 1.165) is 83.4 Å². The maximum atomic E-state index is 13.5. The molecule has 25 heteroatoms. The number of rotatable bonds is 8. The van der Waals surface area contributed by atoms with Crippen LogP contribution in [0.15, 0.2) is 167 Å². The van der Waals surface area contributed by atoms with E-state index >= 15 is 0 Å². The molecule has 15 aromatic rings. The Balaban J connectivity index is 0.000000145. The van der Waals surface area contributed by atoms with Crippen LogP contribution < -0.4 is 21.6 Å². The van der Waals surface area contributed by atoms with Gasteiger partial charge in [-0.3, -0.25) is 25.0 Å². The molecule has 7 heterocycles. The zero-order valence-corrected chi connectivity index (χ0v) is 58.4. The molecule has 7 N–H and O–H groups in total. The van der Waals surface area contributed by atoms with Gasteiger partial charge in [0.1, 0.15) is 39.3 Å². The van der Waals surface area contributed by atoms with Crippen LogP contribution in [0, 0.1) is 82.5 Å². The van der Waals surface area contributed by atoms with Gasteiger partial charge in [-0.2, -0.15) is 0 Å². The molecule has 0 aliphatic heterocycles. The van der Waals surface area contributed by atoms with Crippen molar-refractivity contribution >= 4 is 105 Å². The quantitative estimate of drug-likeness (QED) is 0.0185. The van der Waals surface area contributed by atoms with Gasteiger partial charge in [0.15, 0.2) is 40.8 Å². The lowest BCUT2D eigenvalue weighted by molar-refractivity contribution is -0.470. The highest BCUT2D eigenvalue weighted by Crippen LogP contribution is 2.47. The number of nitro groups is 2. The molecule has 0 atom stereocenters. The Bertz CT molecular complexity index is 6350. The maximum absolute atomic E-state index is 13.5. The number of aromatic hydroxyl groups is 7. The summed E-state index contributed by atoms with van der Waals surface area (Å²) < 4.78 is 29.7. The minimum Gasteiger partial charge on any atom is -0.507 e. The summed E-state index contributed by atoms with van der Waals surface area (Å²) >= 11 is 0. The largest absolute Gasteiger partial charge is 0.507 e. The molecule has 0 aliphatic carbocycles. The molecule has 8 aromatic carbocycles. The highest BCUT2D eigenvalue weighted by Gasteiger charge is 2.27. The molecule has 25 nitrogen and oxygen atoms in total. The van der Waals surface area contributed by atoms with Gasteiger partial charge in [0.2, 0.25) is 0 Å². The number of phenols is 7. The average molecular weight is 1420 g/mol. The number of aromatic nitrogens is 2. The molecular weight excluding hydrogens is 1350 g/mol. The van der Waals surface area contributed by atoms with Gasteiger partial charge in [-0.1, -0.05) is 24.3 Å². The second-order valence-electron chi connectivity index (χ2n) is 25.2. The van der Waals surface area contributed by atoms with Gasteiger partial charge in [-0.05, 0) is 232 Å². The fourth-order valence-electron chi connectivity index (χ4n) is 12.5. The van der Waals surface area contributed by atoms with Crippen LogP contribution in [0.3, 0.4) is 0 Å². The van der Waals surface area contributed by atoms with Crippen LogP contribution >= 0.6 is 0 Å². The molecule has 0 unspecified atom stereocenters. The van der Waals surface area contributed by atoms with Crippen molar-refractivity contribution in [3.8, 4) is 68.2 Å². The van der Waals surface area contributed by atoms with Crippen molar-refractivity contribution in [1.82, 2.24) is 8.80 Å². The maximum Gasteiger partial charge on any atom is 0.415 e. The minimum atomic E-state index is -0.916. The first kappa shape index (κ1) is 72.5. The predicted octanol–water partition coefficient (Wildman–Crippen LogP) is 15.8. The Kier molecular flexibility index (Phi) is 19.8. The van der Waals surface area contributed by atoms with Crippen LogP contribution in [-0.2, 0) is 9.53 Å². The van der Waals surface area contributed by atoms with Crippen molar-refractivity contribution in [3.63, 3.8) is 0 Å². The molecule has 0 amide bonds. The Labute approximate surface area is 594 Å². The summed E-state index contributed by atoms with van der Waals surface area (Å²) in [6, 6.07) is 35.9. The number of ether oxygens (including phenoxy) is 2. The van der Waals surface area contributed by atoms with Gasteiger partial charge in [-0.25, -0.2) is 19.2 Å². The second-order valence-corrected chi connectivity index (χ2v) is 25.2. The number of hydrogen-bond acceptors (Lipinski definition) is 21. The summed E-state index contributed by atoms with van der Waals surface area (Å²) in [6.45, 7) is 19.1. The molecule has 7 aromatic heterocycles. The van der Waals surface area contributed by atoms with E-state index < -0.39 is 56.5 Å². The third-order valence-electron chi connectivity index (χ3n) is 18.4. The summed E-state index contributed by atoms with van der Waals surface area (Å²) in [6.07, 6.45) is 4.23. The van der Waals surface area contributed by atoms with E-state index in [1.165, 1.54) is 53.1 Å². The molecule has 534 valence electrons. The topological polar surface area (TPSA) is 380 Å². The molecule has 0 saturated heterocycles. The number of hydrogen-bond donors (Lipinski definition) is 7. The van der Waals surface area contributed by atoms with E-state index in [1.807, 2.05) is 57.3 Å². The van der Waals surface area contributed by atoms with Crippen molar-refractivity contribution < 1.29 is 77.9 Å². The molecule has 0 aliphatic rings. The van der Waals surface area contributed by atoms with Crippen LogP contribution in [0.1, 0.15) is 67.4 Å². The first-order valence-electron chi connectivity index (χ1n) is 32.5. The van der Waals surface area contributed by atoms with Crippen LogP contribution in [0.2, 0.25) is 0 Å². The van der Waals surface area contributed by atoms with E-state index in [0.29, 0.717) is 72.1 Å². The van der Waals surface area contributed by atoms with Crippen molar-refractivity contribution in [2.75, 3.05) is 20.3 Å². The number of benzene rings is 8. The van der Waals surface area contributed by atoms with Crippen molar-refractivity contribution in [3.05, 3.63) is 247 Å². The van der Waals surface area contributed by atoms with Crippen molar-refractivity contribution in [2.45, 2.75) is 69.2 Å². The van der Waals surface area contributed by atoms with E-state index in [-0.39, 0.29) is 46.3 Å². The van der Waals surface area contributed by atoms with Crippen molar-refractivity contribution in [1.29, 1.82) is 0 Å². The lowest BCUT2D eigenvalue weighted by atomic mass is 9.95. The van der Waals surface area contributed by atoms with Crippen LogP contribution in [0.5, 0.6) is 46.0 Å². The number of fused-ring (bicyclic) bond motifs is 15. The molecule has 15 rings (SSSR count). The summed E-state index contributed by atoms with van der Waals surface area (Å²) in [5, 5.41) is 96.0. The number of aryl methyl sites for hydroxylation is 9. The number of nitrogens with zero attached hydrogens (tertiary/aromatic N) is 4.